The highest BCUT2D eigenvalue weighted by Gasteiger charge is 2.25. The van der Waals surface area contributed by atoms with Gasteiger partial charge in [-0.15, -0.1) is 0 Å². The smallest absolute Gasteiger partial charge is 0.309 e. The van der Waals surface area contributed by atoms with Crippen molar-refractivity contribution < 1.29 is 24.2 Å². The van der Waals surface area contributed by atoms with Crippen LogP contribution in [-0.4, -0.2) is 54.1 Å². The average molecular weight is 323 g/mol. The van der Waals surface area contributed by atoms with Gasteiger partial charge >= 0.3 is 11.9 Å². The maximum atomic E-state index is 11.8. The van der Waals surface area contributed by atoms with E-state index in [1.807, 2.05) is 11.0 Å². The number of esters is 1. The first-order valence-electron chi connectivity index (χ1n) is 7.50. The number of aliphatic carboxylic acids is 1. The van der Waals surface area contributed by atoms with Crippen LogP contribution >= 0.6 is 0 Å². The first kappa shape index (κ1) is 18.5. The molecule has 0 spiro atoms. The Bertz CT molecular complexity index is 516. The van der Waals surface area contributed by atoms with Crippen LogP contribution in [0.25, 0.3) is 0 Å². The van der Waals surface area contributed by atoms with E-state index in [0.717, 1.165) is 0 Å². The number of nitriles is 1. The fourth-order valence-electron chi connectivity index (χ4n) is 2.22. The Kier molecular flexibility index (Phi) is 7.60. The highest BCUT2D eigenvalue weighted by atomic mass is 16.5. The lowest BCUT2D eigenvalue weighted by Gasteiger charge is -2.30. The van der Waals surface area contributed by atoms with Gasteiger partial charge < -0.3 is 20.1 Å². The number of carbonyl (C=O) groups is 3. The van der Waals surface area contributed by atoms with Crippen molar-refractivity contribution in [1.82, 2.24) is 10.2 Å². The van der Waals surface area contributed by atoms with Crippen LogP contribution in [0.15, 0.2) is 11.8 Å². The molecular formula is C15H21N3O5. The molecule has 0 saturated carbocycles. The third-order valence-electron chi connectivity index (χ3n) is 3.45. The summed E-state index contributed by atoms with van der Waals surface area (Å²) >= 11 is 0. The number of rotatable bonds is 7. The summed E-state index contributed by atoms with van der Waals surface area (Å²) in [4.78, 5) is 35.6. The van der Waals surface area contributed by atoms with Crippen LogP contribution in [0.1, 0.15) is 26.2 Å². The van der Waals surface area contributed by atoms with E-state index >= 15 is 0 Å². The van der Waals surface area contributed by atoms with Gasteiger partial charge in [-0.1, -0.05) is 0 Å². The van der Waals surface area contributed by atoms with E-state index in [4.69, 9.17) is 15.1 Å². The number of ether oxygens (including phenoxy) is 1. The minimum Gasteiger partial charge on any atom is -0.481 e. The molecule has 1 saturated heterocycles. The van der Waals surface area contributed by atoms with Crippen LogP contribution in [0.3, 0.4) is 0 Å². The number of carbonyl (C=O) groups excluding carboxylic acids is 2. The third kappa shape index (κ3) is 6.38. The molecular weight excluding hydrogens is 302 g/mol. The summed E-state index contributed by atoms with van der Waals surface area (Å²) in [5.41, 5.74) is -0.0787. The van der Waals surface area contributed by atoms with Crippen molar-refractivity contribution in [1.29, 1.82) is 5.26 Å². The Balaban J connectivity index is 2.50. The first-order valence-corrected chi connectivity index (χ1v) is 7.50. The molecule has 1 heterocycles. The van der Waals surface area contributed by atoms with Crippen molar-refractivity contribution in [3.05, 3.63) is 11.8 Å². The van der Waals surface area contributed by atoms with E-state index < -0.39 is 11.9 Å². The molecule has 8 nitrogen and oxygen atoms in total. The predicted octanol–water partition coefficient (Wildman–Crippen LogP) is 0.260. The standard InChI is InChI=1S/C15H21N3O5/c1-2-23-15(22)11-4-7-18(8-5-11)10-12(9-16)14(21)17-6-3-13(19)20/h10-11H,2-8H2,1H3,(H,17,21)(H,19,20)/b12-10-. The van der Waals surface area contributed by atoms with Gasteiger partial charge in [0.2, 0.25) is 0 Å². The Morgan fingerprint density at radius 2 is 2.04 bits per heavy atom. The third-order valence-corrected chi connectivity index (χ3v) is 3.45. The number of carboxylic acid groups (broad SMARTS) is 1. The molecule has 0 bridgehead atoms. The Hall–Kier alpha value is -2.56. The molecule has 1 aliphatic rings. The summed E-state index contributed by atoms with van der Waals surface area (Å²) in [5.74, 6) is -1.97. The zero-order chi connectivity index (χ0) is 17.2. The Labute approximate surface area is 134 Å². The number of nitrogens with zero attached hydrogens (tertiary/aromatic N) is 2. The van der Waals surface area contributed by atoms with Gasteiger partial charge in [-0.05, 0) is 19.8 Å². The topological polar surface area (TPSA) is 120 Å². The molecule has 0 unspecified atom stereocenters. The summed E-state index contributed by atoms with van der Waals surface area (Å²) in [5, 5.41) is 20.0. The fourth-order valence-corrected chi connectivity index (χ4v) is 2.22. The van der Waals surface area contributed by atoms with Crippen LogP contribution in [0.4, 0.5) is 0 Å². The highest BCUT2D eigenvalue weighted by molar-refractivity contribution is 5.97. The Morgan fingerprint density at radius 3 is 2.57 bits per heavy atom. The van der Waals surface area contributed by atoms with Crippen LogP contribution in [-0.2, 0) is 19.1 Å². The summed E-state index contributed by atoms with van der Waals surface area (Å²) in [6.45, 7) is 3.19. The van der Waals surface area contributed by atoms with Crippen molar-refractivity contribution in [2.24, 2.45) is 5.92 Å². The number of likely N-dealkylation sites (tertiary alicyclic amines) is 1. The lowest BCUT2D eigenvalue weighted by molar-refractivity contribution is -0.149. The predicted molar refractivity (Wildman–Crippen MR) is 79.9 cm³/mol. The zero-order valence-electron chi connectivity index (χ0n) is 13.1. The molecule has 1 rings (SSSR count). The number of piperidine rings is 1. The maximum Gasteiger partial charge on any atom is 0.309 e. The molecule has 0 atom stereocenters. The van der Waals surface area contributed by atoms with Crippen molar-refractivity contribution in [3.8, 4) is 6.07 Å². The van der Waals surface area contributed by atoms with Crippen molar-refractivity contribution in [3.63, 3.8) is 0 Å². The normalized spacial score (nSPS) is 15.7. The van der Waals surface area contributed by atoms with E-state index in [-0.39, 0.29) is 30.4 Å². The molecule has 23 heavy (non-hydrogen) atoms. The van der Waals surface area contributed by atoms with Crippen LogP contribution in [0.5, 0.6) is 0 Å². The Morgan fingerprint density at radius 1 is 1.39 bits per heavy atom. The van der Waals surface area contributed by atoms with Gasteiger partial charge in [-0.25, -0.2) is 0 Å². The second-order valence-electron chi connectivity index (χ2n) is 5.12. The van der Waals surface area contributed by atoms with Crippen molar-refractivity contribution in [2.75, 3.05) is 26.2 Å². The van der Waals surface area contributed by atoms with E-state index in [1.165, 1.54) is 6.20 Å². The molecule has 0 aliphatic carbocycles. The largest absolute Gasteiger partial charge is 0.481 e. The number of hydrogen-bond acceptors (Lipinski definition) is 6. The monoisotopic (exact) mass is 323 g/mol. The average Bonchev–Trinajstić information content (AvgIpc) is 2.52. The fraction of sp³-hybridized carbons (Fsp3) is 0.600. The van der Waals surface area contributed by atoms with Crippen LogP contribution < -0.4 is 5.32 Å². The van der Waals surface area contributed by atoms with E-state index in [2.05, 4.69) is 5.32 Å². The molecule has 1 amide bonds. The molecule has 8 heteroatoms. The molecule has 0 aromatic heterocycles. The zero-order valence-corrected chi connectivity index (χ0v) is 13.1. The van der Waals surface area contributed by atoms with Gasteiger partial charge in [0, 0.05) is 25.8 Å². The summed E-state index contributed by atoms with van der Waals surface area (Å²) < 4.78 is 4.98. The van der Waals surface area contributed by atoms with Gasteiger partial charge in [0.1, 0.15) is 11.6 Å². The van der Waals surface area contributed by atoms with Gasteiger partial charge in [-0.2, -0.15) is 5.26 Å². The number of amides is 1. The molecule has 0 radical (unpaired) electrons. The summed E-state index contributed by atoms with van der Waals surface area (Å²) in [6.07, 6.45) is 2.47. The number of carboxylic acids is 1. The van der Waals surface area contributed by atoms with Gasteiger partial charge in [0.15, 0.2) is 0 Å². The molecule has 2 N–H and O–H groups in total. The quantitative estimate of drug-likeness (QED) is 0.392. The van der Waals surface area contributed by atoms with Crippen LogP contribution in [0, 0.1) is 17.2 Å². The van der Waals surface area contributed by atoms with Crippen LogP contribution in [0.2, 0.25) is 0 Å². The first-order chi connectivity index (χ1) is 11.0. The minimum absolute atomic E-state index is 0.0296. The molecule has 0 aromatic rings. The van der Waals surface area contributed by atoms with Gasteiger partial charge in [-0.3, -0.25) is 14.4 Å². The highest BCUT2D eigenvalue weighted by Crippen LogP contribution is 2.19. The molecule has 0 aromatic carbocycles. The summed E-state index contributed by atoms with van der Waals surface area (Å²) in [7, 11) is 0. The lowest BCUT2D eigenvalue weighted by Crippen LogP contribution is -2.35. The number of nitrogens with one attached hydrogen (secondary N) is 1. The minimum atomic E-state index is -1.02. The van der Waals surface area contributed by atoms with Gasteiger partial charge in [0.05, 0.1) is 18.9 Å². The maximum absolute atomic E-state index is 11.8. The molecule has 1 fully saturated rings. The van der Waals surface area contributed by atoms with Crippen molar-refractivity contribution in [2.45, 2.75) is 26.2 Å². The molecule has 126 valence electrons. The van der Waals surface area contributed by atoms with E-state index in [0.29, 0.717) is 32.5 Å². The van der Waals surface area contributed by atoms with E-state index in [9.17, 15) is 14.4 Å². The SMILES string of the molecule is CCOC(=O)C1CCN(/C=C(/C#N)C(=O)NCCC(=O)O)CC1. The van der Waals surface area contributed by atoms with Gasteiger partial charge in [0.25, 0.3) is 5.91 Å². The second kappa shape index (κ2) is 9.46. The second-order valence-corrected chi connectivity index (χ2v) is 5.12. The van der Waals surface area contributed by atoms with E-state index in [1.54, 1.807) is 6.92 Å². The summed E-state index contributed by atoms with van der Waals surface area (Å²) in [6, 6.07) is 1.81. The molecule has 1 aliphatic heterocycles. The lowest BCUT2D eigenvalue weighted by atomic mass is 9.97. The number of hydrogen-bond donors (Lipinski definition) is 2. The van der Waals surface area contributed by atoms with Crippen molar-refractivity contribution >= 4 is 17.8 Å².